The van der Waals surface area contributed by atoms with Gasteiger partial charge in [-0.25, -0.2) is 0 Å². The zero-order chi connectivity index (χ0) is 16.5. The largest absolute Gasteiger partial charge is 0.469 e. The average molecular weight is 336 g/mol. The van der Waals surface area contributed by atoms with Crippen LogP contribution in [0.2, 0.25) is 0 Å². The van der Waals surface area contributed by atoms with E-state index in [4.69, 9.17) is 0 Å². The van der Waals surface area contributed by atoms with Gasteiger partial charge in [0.1, 0.15) is 0 Å². The van der Waals surface area contributed by atoms with Crippen molar-refractivity contribution in [3.63, 3.8) is 0 Å². The second kappa shape index (κ2) is 9.57. The number of thioether (sulfide) groups is 1. The Morgan fingerprint density at radius 3 is 3.04 bits per heavy atom. The Labute approximate surface area is 141 Å². The molecule has 126 valence electrons. The highest BCUT2D eigenvalue weighted by atomic mass is 32.2. The van der Waals surface area contributed by atoms with Gasteiger partial charge in [0, 0.05) is 29.7 Å². The highest BCUT2D eigenvalue weighted by Gasteiger charge is 2.17. The minimum absolute atomic E-state index is 0.0555. The smallest absolute Gasteiger partial charge is 0.306 e. The number of anilines is 1. The quantitative estimate of drug-likeness (QED) is 0.564. The molecule has 2 rings (SSSR count). The van der Waals surface area contributed by atoms with E-state index in [1.165, 1.54) is 7.11 Å². The van der Waals surface area contributed by atoms with Gasteiger partial charge in [-0.2, -0.15) is 11.8 Å². The van der Waals surface area contributed by atoms with E-state index in [0.717, 1.165) is 42.1 Å². The molecule has 5 nitrogen and oxygen atoms in total. The first-order valence-corrected chi connectivity index (χ1v) is 9.09. The second-order valence-corrected chi connectivity index (χ2v) is 6.73. The van der Waals surface area contributed by atoms with E-state index < -0.39 is 0 Å². The third-order valence-corrected chi connectivity index (χ3v) is 4.78. The van der Waals surface area contributed by atoms with Crippen molar-refractivity contribution in [2.45, 2.75) is 37.5 Å². The summed E-state index contributed by atoms with van der Waals surface area (Å²) in [6, 6.07) is 8.18. The topological polar surface area (TPSA) is 67.4 Å². The summed E-state index contributed by atoms with van der Waals surface area (Å²) in [6.07, 6.45) is 3.17. The summed E-state index contributed by atoms with van der Waals surface area (Å²) in [7, 11) is 1.40. The van der Waals surface area contributed by atoms with Crippen LogP contribution in [0.1, 0.15) is 31.2 Å². The molecule has 2 N–H and O–H groups in total. The summed E-state index contributed by atoms with van der Waals surface area (Å²) < 4.78 is 4.61. The highest BCUT2D eigenvalue weighted by molar-refractivity contribution is 7.98. The molecular weight excluding hydrogens is 312 g/mol. The van der Waals surface area contributed by atoms with Crippen molar-refractivity contribution in [3.8, 4) is 0 Å². The maximum Gasteiger partial charge on any atom is 0.306 e. The predicted octanol–water partition coefficient (Wildman–Crippen LogP) is 2.56. The third kappa shape index (κ3) is 6.62. The van der Waals surface area contributed by atoms with Gasteiger partial charge in [0.15, 0.2) is 0 Å². The molecule has 1 saturated heterocycles. The summed E-state index contributed by atoms with van der Waals surface area (Å²) in [4.78, 5) is 23.1. The Hall–Kier alpha value is -1.53. The number of carbonyl (C=O) groups is 2. The molecule has 6 heteroatoms. The number of hydrogen-bond acceptors (Lipinski definition) is 5. The Morgan fingerprint density at radius 2 is 2.30 bits per heavy atom. The first kappa shape index (κ1) is 17.8. The van der Waals surface area contributed by atoms with Gasteiger partial charge in [0.25, 0.3) is 0 Å². The van der Waals surface area contributed by atoms with Gasteiger partial charge < -0.3 is 15.4 Å². The van der Waals surface area contributed by atoms with E-state index in [-0.39, 0.29) is 11.9 Å². The van der Waals surface area contributed by atoms with Gasteiger partial charge in [-0.05, 0) is 37.1 Å². The van der Waals surface area contributed by atoms with Crippen molar-refractivity contribution in [1.82, 2.24) is 5.32 Å². The van der Waals surface area contributed by atoms with Crippen molar-refractivity contribution < 1.29 is 14.3 Å². The van der Waals surface area contributed by atoms with E-state index in [0.29, 0.717) is 18.9 Å². The van der Waals surface area contributed by atoms with Gasteiger partial charge >= 0.3 is 5.97 Å². The van der Waals surface area contributed by atoms with Gasteiger partial charge in [0.05, 0.1) is 13.5 Å². The van der Waals surface area contributed by atoms with Gasteiger partial charge in [-0.15, -0.1) is 0 Å². The molecule has 1 heterocycles. The molecule has 1 atom stereocenters. The summed E-state index contributed by atoms with van der Waals surface area (Å²) in [5.41, 5.74) is 1.97. The number of carbonyl (C=O) groups excluding carboxylic acids is 2. The van der Waals surface area contributed by atoms with Crippen LogP contribution in [0.15, 0.2) is 24.3 Å². The van der Waals surface area contributed by atoms with Crippen LogP contribution >= 0.6 is 11.8 Å². The van der Waals surface area contributed by atoms with Crippen LogP contribution in [0.25, 0.3) is 0 Å². The molecule has 0 spiro atoms. The summed E-state index contributed by atoms with van der Waals surface area (Å²) >= 11 is 1.68. The molecule has 1 unspecified atom stereocenters. The van der Waals surface area contributed by atoms with Crippen molar-refractivity contribution in [2.24, 2.45) is 0 Å². The Morgan fingerprint density at radius 1 is 1.43 bits per heavy atom. The van der Waals surface area contributed by atoms with Gasteiger partial charge in [-0.1, -0.05) is 12.1 Å². The Bertz CT molecular complexity index is 530. The van der Waals surface area contributed by atoms with Gasteiger partial charge in [0.2, 0.25) is 5.91 Å². The van der Waals surface area contributed by atoms with Crippen molar-refractivity contribution in [1.29, 1.82) is 0 Å². The molecule has 1 aromatic carbocycles. The lowest BCUT2D eigenvalue weighted by molar-refractivity contribution is -0.140. The fourth-order valence-corrected chi connectivity index (χ4v) is 3.42. The minimum Gasteiger partial charge on any atom is -0.469 e. The number of rotatable bonds is 8. The first-order valence-electron chi connectivity index (χ1n) is 7.94. The van der Waals surface area contributed by atoms with Crippen molar-refractivity contribution >= 4 is 29.3 Å². The van der Waals surface area contributed by atoms with E-state index in [9.17, 15) is 9.59 Å². The zero-order valence-corrected chi connectivity index (χ0v) is 14.3. The zero-order valence-electron chi connectivity index (χ0n) is 13.5. The molecule has 0 bridgehead atoms. The van der Waals surface area contributed by atoms with Crippen molar-refractivity contribution in [2.75, 3.05) is 24.7 Å². The Kier molecular flexibility index (Phi) is 7.42. The lowest BCUT2D eigenvalue weighted by Crippen LogP contribution is -2.27. The monoisotopic (exact) mass is 336 g/mol. The van der Waals surface area contributed by atoms with Crippen LogP contribution in [-0.4, -0.2) is 37.3 Å². The predicted molar refractivity (Wildman–Crippen MR) is 93.5 cm³/mol. The lowest BCUT2D eigenvalue weighted by atomic mass is 10.1. The van der Waals surface area contributed by atoms with Crippen molar-refractivity contribution in [3.05, 3.63) is 29.8 Å². The van der Waals surface area contributed by atoms with Crippen LogP contribution in [0, 0.1) is 0 Å². The first-order chi connectivity index (χ1) is 11.2. The second-order valence-electron chi connectivity index (χ2n) is 5.62. The lowest BCUT2D eigenvalue weighted by Gasteiger charge is -2.11. The van der Waals surface area contributed by atoms with Crippen LogP contribution in [0.4, 0.5) is 5.69 Å². The molecule has 0 radical (unpaired) electrons. The minimum atomic E-state index is -0.181. The molecule has 0 aromatic heterocycles. The highest BCUT2D eigenvalue weighted by Crippen LogP contribution is 2.18. The number of nitrogens with one attached hydrogen (secondary N) is 2. The van der Waals surface area contributed by atoms with E-state index >= 15 is 0 Å². The van der Waals surface area contributed by atoms with Crippen LogP contribution in [0.3, 0.4) is 0 Å². The molecule has 1 amide bonds. The molecule has 0 aliphatic carbocycles. The molecule has 1 aliphatic heterocycles. The Balaban J connectivity index is 1.75. The van der Waals surface area contributed by atoms with Gasteiger partial charge in [-0.3, -0.25) is 9.59 Å². The number of hydrogen-bond donors (Lipinski definition) is 2. The fraction of sp³-hybridized carbons (Fsp3) is 0.529. The summed E-state index contributed by atoms with van der Waals surface area (Å²) in [6.45, 7) is 1.01. The summed E-state index contributed by atoms with van der Waals surface area (Å²) in [5, 5.41) is 6.30. The van der Waals surface area contributed by atoms with E-state index in [1.807, 2.05) is 24.3 Å². The van der Waals surface area contributed by atoms with Crippen LogP contribution < -0.4 is 10.6 Å². The normalized spacial score (nSPS) is 17.0. The molecule has 1 fully saturated rings. The van der Waals surface area contributed by atoms with E-state index in [2.05, 4.69) is 15.4 Å². The number of methoxy groups -OCH3 is 1. The fourth-order valence-electron chi connectivity index (χ4n) is 2.55. The number of ether oxygens (including phenoxy) is 1. The van der Waals surface area contributed by atoms with Crippen LogP contribution in [-0.2, 0) is 20.1 Å². The summed E-state index contributed by atoms with van der Waals surface area (Å²) in [5.74, 6) is 1.42. The molecular formula is C17H24N2O3S. The maximum absolute atomic E-state index is 12.0. The van der Waals surface area contributed by atoms with E-state index in [1.54, 1.807) is 11.8 Å². The van der Waals surface area contributed by atoms with Crippen LogP contribution in [0.5, 0.6) is 0 Å². The average Bonchev–Trinajstić information content (AvgIpc) is 3.04. The number of esters is 1. The number of benzene rings is 1. The molecule has 1 aromatic rings. The SMILES string of the molecule is COC(=O)CCSCc1cccc(NC(=O)CC2CCCN2)c1. The maximum atomic E-state index is 12.0. The molecule has 1 aliphatic rings. The standard InChI is InChI=1S/C17H24N2O3S/c1-22-17(21)7-9-23-12-13-4-2-5-15(10-13)19-16(20)11-14-6-3-8-18-14/h2,4-5,10,14,18H,3,6-9,11-12H2,1H3,(H,19,20). The molecule has 23 heavy (non-hydrogen) atoms. The number of amides is 1. The third-order valence-electron chi connectivity index (χ3n) is 3.75. The molecule has 0 saturated carbocycles.